The maximum Gasteiger partial charge on any atom is 0.253 e. The molecule has 5 nitrogen and oxygen atoms in total. The molecule has 1 aromatic rings. The summed E-state index contributed by atoms with van der Waals surface area (Å²) in [5.41, 5.74) is 0.891. The molecule has 0 bridgehead atoms. The van der Waals surface area contributed by atoms with Gasteiger partial charge in [-0.05, 0) is 38.0 Å². The number of hydrogen-bond donors (Lipinski definition) is 1. The molecule has 1 rings (SSSR count). The minimum atomic E-state index is -3.80. The molecule has 1 aromatic carbocycles. The SMILES string of the molecule is CCCN(CC)C(=O)c1ccc(C)c(S(N)(=O)=O)c1. The molecule has 0 atom stereocenters. The van der Waals surface area contributed by atoms with E-state index in [-0.39, 0.29) is 10.8 Å². The fourth-order valence-corrected chi connectivity index (χ4v) is 2.70. The van der Waals surface area contributed by atoms with Crippen LogP contribution in [0.5, 0.6) is 0 Å². The zero-order valence-electron chi connectivity index (χ0n) is 11.5. The largest absolute Gasteiger partial charge is 0.339 e. The number of hydrogen-bond acceptors (Lipinski definition) is 3. The zero-order chi connectivity index (χ0) is 14.6. The standard InChI is InChI=1S/C13H20N2O3S/c1-4-8-15(5-2)13(16)11-7-6-10(3)12(9-11)19(14,17)18/h6-7,9H,4-5,8H2,1-3H3,(H2,14,17,18). The van der Waals surface area contributed by atoms with E-state index in [0.29, 0.717) is 24.2 Å². The third-order valence-electron chi connectivity index (χ3n) is 2.90. The first-order valence-electron chi connectivity index (χ1n) is 6.24. The van der Waals surface area contributed by atoms with E-state index in [1.807, 2.05) is 13.8 Å². The van der Waals surface area contributed by atoms with Gasteiger partial charge >= 0.3 is 0 Å². The second-order valence-electron chi connectivity index (χ2n) is 4.41. The average Bonchev–Trinajstić information content (AvgIpc) is 2.34. The Labute approximate surface area is 114 Å². The summed E-state index contributed by atoms with van der Waals surface area (Å²) in [5, 5.41) is 5.14. The highest BCUT2D eigenvalue weighted by Crippen LogP contribution is 2.17. The highest BCUT2D eigenvalue weighted by molar-refractivity contribution is 7.89. The molecular weight excluding hydrogens is 264 g/mol. The highest BCUT2D eigenvalue weighted by Gasteiger charge is 2.18. The van der Waals surface area contributed by atoms with Gasteiger partial charge in [-0.1, -0.05) is 13.0 Å². The normalized spacial score (nSPS) is 11.4. The van der Waals surface area contributed by atoms with Crippen LogP contribution in [0.25, 0.3) is 0 Å². The van der Waals surface area contributed by atoms with Gasteiger partial charge in [0.2, 0.25) is 10.0 Å². The first kappa shape index (κ1) is 15.7. The van der Waals surface area contributed by atoms with E-state index in [0.717, 1.165) is 6.42 Å². The third-order valence-corrected chi connectivity index (χ3v) is 3.96. The lowest BCUT2D eigenvalue weighted by Gasteiger charge is -2.20. The van der Waals surface area contributed by atoms with Crippen LogP contribution in [0.4, 0.5) is 0 Å². The molecule has 0 fully saturated rings. The Balaban J connectivity index is 3.19. The lowest BCUT2D eigenvalue weighted by molar-refractivity contribution is 0.0764. The van der Waals surface area contributed by atoms with Crippen LogP contribution in [0.2, 0.25) is 0 Å². The molecule has 1 amide bonds. The van der Waals surface area contributed by atoms with Crippen LogP contribution in [-0.2, 0) is 10.0 Å². The van der Waals surface area contributed by atoms with Crippen LogP contribution >= 0.6 is 0 Å². The Bertz CT molecular complexity index is 567. The van der Waals surface area contributed by atoms with Crippen molar-refractivity contribution in [3.63, 3.8) is 0 Å². The summed E-state index contributed by atoms with van der Waals surface area (Å²) >= 11 is 0. The second kappa shape index (κ2) is 6.16. The first-order valence-corrected chi connectivity index (χ1v) is 7.78. The lowest BCUT2D eigenvalue weighted by atomic mass is 10.1. The van der Waals surface area contributed by atoms with E-state index >= 15 is 0 Å². The van der Waals surface area contributed by atoms with E-state index in [4.69, 9.17) is 5.14 Å². The van der Waals surface area contributed by atoms with Gasteiger partial charge in [0.05, 0.1) is 4.90 Å². The van der Waals surface area contributed by atoms with E-state index in [1.165, 1.54) is 6.07 Å². The summed E-state index contributed by atoms with van der Waals surface area (Å²) in [6.07, 6.45) is 0.855. The van der Waals surface area contributed by atoms with Gasteiger partial charge in [-0.25, -0.2) is 13.6 Å². The molecule has 0 aliphatic rings. The topological polar surface area (TPSA) is 80.5 Å². The van der Waals surface area contributed by atoms with E-state index < -0.39 is 10.0 Å². The van der Waals surface area contributed by atoms with Crippen LogP contribution < -0.4 is 5.14 Å². The zero-order valence-corrected chi connectivity index (χ0v) is 12.3. The molecule has 0 aliphatic carbocycles. The molecule has 0 spiro atoms. The molecule has 2 N–H and O–H groups in total. The number of nitrogens with zero attached hydrogens (tertiary/aromatic N) is 1. The molecule has 0 aromatic heterocycles. The molecule has 0 saturated heterocycles. The molecular formula is C13H20N2O3S. The fourth-order valence-electron chi connectivity index (χ4n) is 1.90. The molecule has 0 radical (unpaired) electrons. The summed E-state index contributed by atoms with van der Waals surface area (Å²) in [4.78, 5) is 13.9. The van der Waals surface area contributed by atoms with Gasteiger partial charge in [-0.2, -0.15) is 0 Å². The van der Waals surface area contributed by atoms with Crippen LogP contribution in [-0.4, -0.2) is 32.3 Å². The fraction of sp³-hybridized carbons (Fsp3) is 0.462. The van der Waals surface area contributed by atoms with Crippen LogP contribution in [0.3, 0.4) is 0 Å². The van der Waals surface area contributed by atoms with Crippen molar-refractivity contribution >= 4 is 15.9 Å². The Morgan fingerprint density at radius 2 is 1.95 bits per heavy atom. The quantitative estimate of drug-likeness (QED) is 0.890. The van der Waals surface area contributed by atoms with Gasteiger partial charge in [0.25, 0.3) is 5.91 Å². The van der Waals surface area contributed by atoms with Gasteiger partial charge < -0.3 is 4.90 Å². The Morgan fingerprint density at radius 1 is 1.32 bits per heavy atom. The van der Waals surface area contributed by atoms with Crippen molar-refractivity contribution in [2.24, 2.45) is 5.14 Å². The number of rotatable bonds is 5. The predicted octanol–water partition coefficient (Wildman–Crippen LogP) is 1.51. The predicted molar refractivity (Wildman–Crippen MR) is 74.4 cm³/mol. The van der Waals surface area contributed by atoms with Crippen molar-refractivity contribution in [2.75, 3.05) is 13.1 Å². The van der Waals surface area contributed by atoms with Crippen molar-refractivity contribution in [3.8, 4) is 0 Å². The summed E-state index contributed by atoms with van der Waals surface area (Å²) in [7, 11) is -3.80. The molecule has 0 unspecified atom stereocenters. The molecule has 0 saturated carbocycles. The number of benzene rings is 1. The van der Waals surface area contributed by atoms with Crippen molar-refractivity contribution < 1.29 is 13.2 Å². The first-order chi connectivity index (χ1) is 8.81. The summed E-state index contributed by atoms with van der Waals surface area (Å²) in [6, 6.07) is 4.59. The van der Waals surface area contributed by atoms with Gasteiger partial charge in [0.1, 0.15) is 0 Å². The molecule has 106 valence electrons. The number of nitrogens with two attached hydrogens (primary N) is 1. The van der Waals surface area contributed by atoms with Crippen molar-refractivity contribution in [3.05, 3.63) is 29.3 Å². The monoisotopic (exact) mass is 284 g/mol. The number of primary sulfonamides is 1. The number of carbonyl (C=O) groups is 1. The Kier molecular flexibility index (Phi) is 5.08. The number of amides is 1. The van der Waals surface area contributed by atoms with Crippen LogP contribution in [0.1, 0.15) is 36.2 Å². The van der Waals surface area contributed by atoms with Crippen molar-refractivity contribution in [1.82, 2.24) is 4.90 Å². The molecule has 0 heterocycles. The minimum Gasteiger partial charge on any atom is -0.339 e. The maximum absolute atomic E-state index is 12.2. The number of aryl methyl sites for hydroxylation is 1. The number of sulfonamides is 1. The van der Waals surface area contributed by atoms with Crippen LogP contribution in [0.15, 0.2) is 23.1 Å². The summed E-state index contributed by atoms with van der Waals surface area (Å²) in [6.45, 7) is 6.76. The minimum absolute atomic E-state index is 0.00546. The Morgan fingerprint density at radius 3 is 2.42 bits per heavy atom. The summed E-state index contributed by atoms with van der Waals surface area (Å²) < 4.78 is 22.9. The maximum atomic E-state index is 12.2. The van der Waals surface area contributed by atoms with Crippen LogP contribution in [0, 0.1) is 6.92 Å². The molecule has 6 heteroatoms. The van der Waals surface area contributed by atoms with Gasteiger partial charge in [-0.15, -0.1) is 0 Å². The lowest BCUT2D eigenvalue weighted by Crippen LogP contribution is -2.31. The summed E-state index contributed by atoms with van der Waals surface area (Å²) in [5.74, 6) is -0.172. The van der Waals surface area contributed by atoms with Gasteiger partial charge in [-0.3, -0.25) is 4.79 Å². The third kappa shape index (κ3) is 3.78. The van der Waals surface area contributed by atoms with Gasteiger partial charge in [0.15, 0.2) is 0 Å². The average molecular weight is 284 g/mol. The van der Waals surface area contributed by atoms with E-state index in [1.54, 1.807) is 24.0 Å². The Hall–Kier alpha value is -1.40. The highest BCUT2D eigenvalue weighted by atomic mass is 32.2. The molecule has 19 heavy (non-hydrogen) atoms. The van der Waals surface area contributed by atoms with E-state index in [2.05, 4.69) is 0 Å². The number of carbonyl (C=O) groups excluding carboxylic acids is 1. The van der Waals surface area contributed by atoms with Gasteiger partial charge in [0, 0.05) is 18.7 Å². The molecule has 0 aliphatic heterocycles. The smallest absolute Gasteiger partial charge is 0.253 e. The van der Waals surface area contributed by atoms with Crippen molar-refractivity contribution in [1.29, 1.82) is 0 Å². The van der Waals surface area contributed by atoms with Crippen molar-refractivity contribution in [2.45, 2.75) is 32.1 Å². The van der Waals surface area contributed by atoms with E-state index in [9.17, 15) is 13.2 Å². The second-order valence-corrected chi connectivity index (χ2v) is 5.94.